The predicted molar refractivity (Wildman–Crippen MR) is 48.4 cm³/mol. The third-order valence-electron chi connectivity index (χ3n) is 3.70. The van der Waals surface area contributed by atoms with Gasteiger partial charge < -0.3 is 0 Å². The van der Waals surface area contributed by atoms with E-state index in [9.17, 15) is 0 Å². The maximum Gasteiger partial charge on any atom is -0.0386 e. The molecule has 0 heteroatoms. The van der Waals surface area contributed by atoms with Crippen molar-refractivity contribution in [1.29, 1.82) is 0 Å². The van der Waals surface area contributed by atoms with Crippen molar-refractivity contribution in [3.8, 4) is 0 Å². The monoisotopic (exact) mass is 152 g/mol. The fraction of sp³-hybridized carbons (Fsp3) is 1.00. The molecule has 0 amide bonds. The number of rotatable bonds is 4. The lowest BCUT2D eigenvalue weighted by molar-refractivity contribution is 0.433. The van der Waals surface area contributed by atoms with Gasteiger partial charge in [0.2, 0.25) is 0 Å². The van der Waals surface area contributed by atoms with Gasteiger partial charge in [-0.3, -0.25) is 0 Å². The second-order valence-corrected chi connectivity index (χ2v) is 4.87. The molecule has 2 aliphatic carbocycles. The normalized spacial score (nSPS) is 38.7. The fourth-order valence-electron chi connectivity index (χ4n) is 2.18. The van der Waals surface area contributed by atoms with Crippen molar-refractivity contribution < 1.29 is 0 Å². The van der Waals surface area contributed by atoms with Gasteiger partial charge in [-0.1, -0.05) is 20.3 Å². The first-order valence-electron chi connectivity index (χ1n) is 5.27. The molecular formula is C11H20. The zero-order valence-electron chi connectivity index (χ0n) is 7.84. The van der Waals surface area contributed by atoms with Gasteiger partial charge in [0, 0.05) is 0 Å². The van der Waals surface area contributed by atoms with E-state index in [-0.39, 0.29) is 0 Å². The van der Waals surface area contributed by atoms with Crippen LogP contribution in [0.2, 0.25) is 0 Å². The Balaban J connectivity index is 1.58. The van der Waals surface area contributed by atoms with Crippen LogP contribution >= 0.6 is 0 Å². The average molecular weight is 152 g/mol. The summed E-state index contributed by atoms with van der Waals surface area (Å²) in [7, 11) is 0. The van der Waals surface area contributed by atoms with Gasteiger partial charge in [0.05, 0.1) is 0 Å². The lowest BCUT2D eigenvalue weighted by atomic mass is 9.98. The molecule has 0 aromatic carbocycles. The van der Waals surface area contributed by atoms with E-state index < -0.39 is 0 Å². The third-order valence-corrected chi connectivity index (χ3v) is 3.70. The van der Waals surface area contributed by atoms with E-state index in [4.69, 9.17) is 0 Å². The molecule has 11 heavy (non-hydrogen) atoms. The molecule has 0 aromatic heterocycles. The van der Waals surface area contributed by atoms with Crippen molar-refractivity contribution in [3.63, 3.8) is 0 Å². The topological polar surface area (TPSA) is 0 Å². The zero-order chi connectivity index (χ0) is 7.84. The van der Waals surface area contributed by atoms with Crippen molar-refractivity contribution in [2.75, 3.05) is 0 Å². The fourth-order valence-corrected chi connectivity index (χ4v) is 2.18. The average Bonchev–Trinajstić information content (AvgIpc) is 2.77. The minimum absolute atomic E-state index is 1.04. The van der Waals surface area contributed by atoms with Crippen molar-refractivity contribution in [2.24, 2.45) is 23.7 Å². The van der Waals surface area contributed by atoms with Crippen LogP contribution in [0.25, 0.3) is 0 Å². The van der Waals surface area contributed by atoms with E-state index in [2.05, 4.69) is 13.8 Å². The molecule has 64 valence electrons. The van der Waals surface area contributed by atoms with Gasteiger partial charge in [-0.25, -0.2) is 0 Å². The van der Waals surface area contributed by atoms with Crippen LogP contribution in [0.3, 0.4) is 0 Å². The molecule has 0 bridgehead atoms. The molecule has 2 aliphatic rings. The van der Waals surface area contributed by atoms with Gasteiger partial charge in [-0.2, -0.15) is 0 Å². The molecule has 3 unspecified atom stereocenters. The van der Waals surface area contributed by atoms with Crippen molar-refractivity contribution in [1.82, 2.24) is 0 Å². The van der Waals surface area contributed by atoms with Gasteiger partial charge in [0.25, 0.3) is 0 Å². The Morgan fingerprint density at radius 1 is 1.36 bits per heavy atom. The van der Waals surface area contributed by atoms with Gasteiger partial charge in [-0.05, 0) is 49.4 Å². The van der Waals surface area contributed by atoms with Crippen LogP contribution in [0.5, 0.6) is 0 Å². The third kappa shape index (κ3) is 1.98. The maximum absolute atomic E-state index is 2.45. The molecule has 0 N–H and O–H groups in total. The van der Waals surface area contributed by atoms with Crippen LogP contribution in [-0.2, 0) is 0 Å². The molecule has 2 saturated carbocycles. The van der Waals surface area contributed by atoms with Crippen molar-refractivity contribution >= 4 is 0 Å². The molecular weight excluding hydrogens is 132 g/mol. The van der Waals surface area contributed by atoms with E-state index in [1.165, 1.54) is 32.1 Å². The van der Waals surface area contributed by atoms with Gasteiger partial charge in [0.15, 0.2) is 0 Å². The van der Waals surface area contributed by atoms with Crippen LogP contribution in [0.15, 0.2) is 0 Å². The summed E-state index contributed by atoms with van der Waals surface area (Å²) in [6.45, 7) is 4.84. The van der Waals surface area contributed by atoms with Crippen LogP contribution in [0.1, 0.15) is 46.0 Å². The summed E-state index contributed by atoms with van der Waals surface area (Å²) in [4.78, 5) is 0. The highest BCUT2D eigenvalue weighted by atomic mass is 14.4. The summed E-state index contributed by atoms with van der Waals surface area (Å²) in [5.74, 6) is 4.37. The summed E-state index contributed by atoms with van der Waals surface area (Å²) in [6.07, 6.45) is 7.62. The lowest BCUT2D eigenvalue weighted by Gasteiger charge is -2.08. The van der Waals surface area contributed by atoms with Crippen molar-refractivity contribution in [3.05, 3.63) is 0 Å². The molecule has 2 fully saturated rings. The number of hydrogen-bond donors (Lipinski definition) is 0. The Morgan fingerprint density at radius 2 is 2.00 bits per heavy atom. The summed E-state index contributed by atoms with van der Waals surface area (Å²) in [5, 5.41) is 0. The Kier molecular flexibility index (Phi) is 1.95. The molecule has 0 heterocycles. The van der Waals surface area contributed by atoms with E-state index in [0.29, 0.717) is 0 Å². The second kappa shape index (κ2) is 2.80. The van der Waals surface area contributed by atoms with Crippen LogP contribution < -0.4 is 0 Å². The van der Waals surface area contributed by atoms with E-state index in [0.717, 1.165) is 23.7 Å². The van der Waals surface area contributed by atoms with E-state index in [1.54, 1.807) is 0 Å². The largest absolute Gasteiger partial charge is 0.0622 e. The maximum atomic E-state index is 2.45. The van der Waals surface area contributed by atoms with Gasteiger partial charge in [-0.15, -0.1) is 0 Å². The molecule has 2 rings (SSSR count). The number of hydrogen-bond acceptors (Lipinski definition) is 0. The van der Waals surface area contributed by atoms with Gasteiger partial charge in [0.1, 0.15) is 0 Å². The molecule has 0 nitrogen and oxygen atoms in total. The Hall–Kier alpha value is 0. The summed E-state index contributed by atoms with van der Waals surface area (Å²) < 4.78 is 0. The van der Waals surface area contributed by atoms with E-state index >= 15 is 0 Å². The second-order valence-electron chi connectivity index (χ2n) is 4.87. The molecule has 0 aliphatic heterocycles. The standard InChI is InChI=1S/C11H20/c1-8(10-5-6-10)3-4-11-7-9(11)2/h8-11H,3-7H2,1-2H3. The highest BCUT2D eigenvalue weighted by molar-refractivity contribution is 4.85. The summed E-state index contributed by atoms with van der Waals surface area (Å²) >= 11 is 0. The minimum Gasteiger partial charge on any atom is -0.0622 e. The lowest BCUT2D eigenvalue weighted by Crippen LogP contribution is -1.97. The molecule has 3 atom stereocenters. The minimum atomic E-state index is 1.04. The molecule has 0 aromatic rings. The SMILES string of the molecule is CC(CCC1CC1C)C1CC1. The molecule has 0 spiro atoms. The highest BCUT2D eigenvalue weighted by Crippen LogP contribution is 2.45. The first-order chi connectivity index (χ1) is 5.27. The summed E-state index contributed by atoms with van der Waals surface area (Å²) in [5.41, 5.74) is 0. The quantitative estimate of drug-likeness (QED) is 0.578. The van der Waals surface area contributed by atoms with Crippen LogP contribution in [0.4, 0.5) is 0 Å². The smallest absolute Gasteiger partial charge is 0.0386 e. The van der Waals surface area contributed by atoms with Crippen LogP contribution in [-0.4, -0.2) is 0 Å². The Morgan fingerprint density at radius 3 is 2.45 bits per heavy atom. The summed E-state index contributed by atoms with van der Waals surface area (Å²) in [6, 6.07) is 0. The predicted octanol–water partition coefficient (Wildman–Crippen LogP) is 3.47. The zero-order valence-corrected chi connectivity index (χ0v) is 7.84. The molecule has 0 saturated heterocycles. The molecule has 0 radical (unpaired) electrons. The van der Waals surface area contributed by atoms with Crippen molar-refractivity contribution in [2.45, 2.75) is 46.0 Å². The first kappa shape index (κ1) is 7.64. The van der Waals surface area contributed by atoms with Crippen LogP contribution in [0, 0.1) is 23.7 Å². The Labute approximate surface area is 70.4 Å². The Bertz CT molecular complexity index is 135. The first-order valence-corrected chi connectivity index (χ1v) is 5.27. The highest BCUT2D eigenvalue weighted by Gasteiger charge is 2.34. The van der Waals surface area contributed by atoms with Gasteiger partial charge >= 0.3 is 0 Å². The van der Waals surface area contributed by atoms with E-state index in [1.807, 2.05) is 0 Å².